The van der Waals surface area contributed by atoms with E-state index in [1.54, 1.807) is 0 Å². The van der Waals surface area contributed by atoms with Gasteiger partial charge in [-0.15, -0.1) is 0 Å². The Balaban J connectivity index is 2.35. The first-order chi connectivity index (χ1) is 9.33. The normalized spacial score (nSPS) is 10.7. The lowest BCUT2D eigenvalue weighted by Crippen LogP contribution is -2.21. The number of thiocarbonyl (C=S) groups is 1. The summed E-state index contributed by atoms with van der Waals surface area (Å²) in [5.41, 5.74) is 2.06. The zero-order chi connectivity index (χ0) is 13.5. The first-order valence-electron chi connectivity index (χ1n) is 5.88. The van der Waals surface area contributed by atoms with Crippen LogP contribution < -0.4 is 4.90 Å². The maximum atomic E-state index is 8.72. The fraction of sp³-hybridized carbons (Fsp3) is 0.0667. The van der Waals surface area contributed by atoms with Gasteiger partial charge in [0, 0.05) is 11.4 Å². The molecule has 0 bridgehead atoms. The quantitative estimate of drug-likeness (QED) is 0.802. The molecule has 0 saturated heterocycles. The Morgan fingerprint density at radius 3 is 1.89 bits per heavy atom. The Morgan fingerprint density at radius 1 is 1.00 bits per heavy atom. The predicted molar refractivity (Wildman–Crippen MR) is 88.5 cm³/mol. The molecule has 96 valence electrons. The van der Waals surface area contributed by atoms with Crippen molar-refractivity contribution in [3.8, 4) is 6.07 Å². The molecule has 0 radical (unpaired) electrons. The SMILES string of the molecule is N#CC[SH2]C(=S)N(c1ccccc1)c1ccccc1. The topological polar surface area (TPSA) is 27.0 Å². The molecule has 0 N–H and O–H groups in total. The molecule has 0 aliphatic rings. The van der Waals surface area contributed by atoms with Gasteiger partial charge >= 0.3 is 0 Å². The average Bonchev–Trinajstić information content (AvgIpc) is 2.47. The van der Waals surface area contributed by atoms with Gasteiger partial charge in [0.2, 0.25) is 0 Å². The lowest BCUT2D eigenvalue weighted by atomic mass is 10.2. The van der Waals surface area contributed by atoms with E-state index in [-0.39, 0.29) is 0 Å². The maximum Gasteiger partial charge on any atom is 0.123 e. The zero-order valence-corrected chi connectivity index (χ0v) is 12.1. The van der Waals surface area contributed by atoms with Crippen LogP contribution >= 0.6 is 24.0 Å². The summed E-state index contributed by atoms with van der Waals surface area (Å²) >= 11 is 5.83. The van der Waals surface area contributed by atoms with E-state index in [9.17, 15) is 0 Å². The summed E-state index contributed by atoms with van der Waals surface area (Å²) in [4.78, 5) is 2.03. The van der Waals surface area contributed by atoms with Crippen LogP contribution in [0.5, 0.6) is 0 Å². The second-order valence-electron chi connectivity index (χ2n) is 3.82. The van der Waals surface area contributed by atoms with Gasteiger partial charge in [0.05, 0.1) is 11.8 Å². The van der Waals surface area contributed by atoms with Crippen molar-refractivity contribution in [3.05, 3.63) is 60.7 Å². The van der Waals surface area contributed by atoms with E-state index in [4.69, 9.17) is 17.5 Å². The van der Waals surface area contributed by atoms with Gasteiger partial charge in [-0.05, 0) is 24.3 Å². The number of benzene rings is 2. The highest BCUT2D eigenvalue weighted by molar-refractivity contribution is 8.23. The van der Waals surface area contributed by atoms with Crippen LogP contribution in [-0.2, 0) is 0 Å². The molecular formula is C15H14N2S2. The van der Waals surface area contributed by atoms with Crippen LogP contribution in [0.4, 0.5) is 11.4 Å². The van der Waals surface area contributed by atoms with Gasteiger partial charge < -0.3 is 0 Å². The van der Waals surface area contributed by atoms with Gasteiger partial charge in [-0.2, -0.15) is 5.26 Å². The molecule has 2 aromatic carbocycles. The van der Waals surface area contributed by atoms with Crippen molar-refractivity contribution in [1.29, 1.82) is 5.26 Å². The van der Waals surface area contributed by atoms with Crippen LogP contribution in [0.3, 0.4) is 0 Å². The second-order valence-corrected chi connectivity index (χ2v) is 5.75. The Morgan fingerprint density at radius 2 is 1.47 bits per heavy atom. The molecule has 0 fully saturated rings. The van der Waals surface area contributed by atoms with Gasteiger partial charge in [0.15, 0.2) is 0 Å². The fourth-order valence-electron chi connectivity index (χ4n) is 1.73. The average molecular weight is 286 g/mol. The highest BCUT2D eigenvalue weighted by Crippen LogP contribution is 2.28. The van der Waals surface area contributed by atoms with Crippen molar-refractivity contribution < 1.29 is 0 Å². The first-order valence-corrected chi connectivity index (χ1v) is 7.49. The standard InChI is InChI=1S/C15H14N2S2/c16-11-12-19-15(18)17(13-7-3-1-4-8-13)14-9-5-2-6-10-14/h1-10H,12,19H2. The van der Waals surface area contributed by atoms with Crippen molar-refractivity contribution in [2.45, 2.75) is 0 Å². The van der Waals surface area contributed by atoms with Crippen LogP contribution in [0.25, 0.3) is 0 Å². The number of nitrogens with zero attached hydrogens (tertiary/aromatic N) is 2. The molecule has 0 spiro atoms. The Hall–Kier alpha value is -1.83. The molecule has 0 saturated carbocycles. The van der Waals surface area contributed by atoms with E-state index in [0.717, 1.165) is 15.7 Å². The van der Waals surface area contributed by atoms with Crippen molar-refractivity contribution in [3.63, 3.8) is 0 Å². The zero-order valence-electron chi connectivity index (χ0n) is 10.3. The van der Waals surface area contributed by atoms with Gasteiger partial charge in [-0.1, -0.05) is 48.6 Å². The highest BCUT2D eigenvalue weighted by atomic mass is 32.2. The number of para-hydroxylation sites is 2. The number of hydrogen-bond donors (Lipinski definition) is 0. The summed E-state index contributed by atoms with van der Waals surface area (Å²) in [6, 6.07) is 22.2. The number of nitriles is 1. The van der Waals surface area contributed by atoms with E-state index in [0.29, 0.717) is 17.5 Å². The minimum atomic E-state index is 0.334. The van der Waals surface area contributed by atoms with Crippen LogP contribution in [0.2, 0.25) is 0 Å². The summed E-state index contributed by atoms with van der Waals surface area (Å²) in [5, 5.41) is 8.72. The molecule has 0 aromatic heterocycles. The maximum absolute atomic E-state index is 8.72. The Bertz CT molecular complexity index is 537. The van der Waals surface area contributed by atoms with Gasteiger partial charge in [-0.25, -0.2) is 11.8 Å². The van der Waals surface area contributed by atoms with Gasteiger partial charge in [-0.3, -0.25) is 4.90 Å². The van der Waals surface area contributed by atoms with Gasteiger partial charge in [0.1, 0.15) is 4.32 Å². The largest absolute Gasteiger partial charge is 0.298 e. The summed E-state index contributed by atoms with van der Waals surface area (Å²) in [6.45, 7) is 0. The van der Waals surface area contributed by atoms with Crippen molar-refractivity contribution in [2.75, 3.05) is 10.7 Å². The molecule has 19 heavy (non-hydrogen) atoms. The molecular weight excluding hydrogens is 272 g/mol. The van der Waals surface area contributed by atoms with E-state index >= 15 is 0 Å². The lowest BCUT2D eigenvalue weighted by Gasteiger charge is -2.25. The Labute approximate surface area is 122 Å². The van der Waals surface area contributed by atoms with E-state index in [1.807, 2.05) is 65.6 Å². The number of hydrogen-bond acceptors (Lipinski definition) is 2. The highest BCUT2D eigenvalue weighted by Gasteiger charge is 2.12. The molecule has 0 heterocycles. The van der Waals surface area contributed by atoms with Crippen LogP contribution in [-0.4, -0.2) is 10.1 Å². The monoisotopic (exact) mass is 286 g/mol. The molecule has 0 aliphatic carbocycles. The molecule has 2 nitrogen and oxygen atoms in total. The summed E-state index contributed by atoms with van der Waals surface area (Å²) in [6.07, 6.45) is 0. The third-order valence-corrected chi connectivity index (χ3v) is 4.03. The van der Waals surface area contributed by atoms with E-state index < -0.39 is 0 Å². The molecule has 0 unspecified atom stereocenters. The number of anilines is 2. The van der Waals surface area contributed by atoms with Crippen molar-refractivity contribution >= 4 is 39.7 Å². The predicted octanol–water partition coefficient (Wildman–Crippen LogP) is 3.83. The van der Waals surface area contributed by atoms with Crippen molar-refractivity contribution in [1.82, 2.24) is 0 Å². The van der Waals surface area contributed by atoms with Crippen LogP contribution in [0.15, 0.2) is 60.7 Å². The van der Waals surface area contributed by atoms with E-state index in [1.165, 1.54) is 0 Å². The fourth-order valence-corrected chi connectivity index (χ4v) is 2.81. The lowest BCUT2D eigenvalue weighted by molar-refractivity contribution is 1.39. The molecule has 0 atom stereocenters. The Kier molecular flexibility index (Phi) is 4.96. The minimum absolute atomic E-state index is 0.334. The molecule has 2 aromatic rings. The van der Waals surface area contributed by atoms with E-state index in [2.05, 4.69) is 6.07 Å². The third-order valence-electron chi connectivity index (χ3n) is 2.55. The summed E-state index contributed by atoms with van der Waals surface area (Å²) in [7, 11) is 0. The molecule has 2 rings (SSSR count). The third kappa shape index (κ3) is 3.57. The van der Waals surface area contributed by atoms with Crippen LogP contribution in [0, 0.1) is 11.3 Å². The first kappa shape index (κ1) is 13.6. The summed E-state index contributed by atoms with van der Waals surface area (Å²) in [5.74, 6) is 0.467. The minimum Gasteiger partial charge on any atom is -0.298 e. The molecule has 0 aliphatic heterocycles. The second kappa shape index (κ2) is 6.93. The summed E-state index contributed by atoms with van der Waals surface area (Å²) < 4.78 is 0.791. The molecule has 0 amide bonds. The smallest absolute Gasteiger partial charge is 0.123 e. The van der Waals surface area contributed by atoms with Gasteiger partial charge in [0.25, 0.3) is 0 Å². The molecule has 4 heteroatoms. The number of rotatable bonds is 3. The van der Waals surface area contributed by atoms with Crippen molar-refractivity contribution in [2.24, 2.45) is 0 Å². The van der Waals surface area contributed by atoms with Crippen LogP contribution in [0.1, 0.15) is 0 Å².